The highest BCUT2D eigenvalue weighted by molar-refractivity contribution is 7.89. The summed E-state index contributed by atoms with van der Waals surface area (Å²) in [6.07, 6.45) is 4.07. The van der Waals surface area contributed by atoms with Gasteiger partial charge in [-0.1, -0.05) is 18.6 Å². The maximum atomic E-state index is 12.7. The fourth-order valence-electron chi connectivity index (χ4n) is 3.69. The van der Waals surface area contributed by atoms with Crippen LogP contribution in [0.1, 0.15) is 38.2 Å². The molecule has 1 aromatic carbocycles. The molecule has 3 rings (SSSR count). The smallest absolute Gasteiger partial charge is 0.243 e. The van der Waals surface area contributed by atoms with Gasteiger partial charge in [0.1, 0.15) is 0 Å². The number of nitrogens with zero attached hydrogens (tertiary/aromatic N) is 2. The summed E-state index contributed by atoms with van der Waals surface area (Å²) in [6, 6.07) is 7.26. The molecule has 2 aliphatic rings. The Balaban J connectivity index is 1.58. The number of nitrogens with one attached hydrogen (secondary N) is 1. The van der Waals surface area contributed by atoms with Gasteiger partial charge in [-0.25, -0.2) is 8.42 Å². The Hall–Kier alpha value is -1.44. The van der Waals surface area contributed by atoms with E-state index in [0.29, 0.717) is 30.8 Å². The first-order chi connectivity index (χ1) is 12.5. The van der Waals surface area contributed by atoms with Crippen molar-refractivity contribution in [1.29, 1.82) is 0 Å². The lowest BCUT2D eigenvalue weighted by atomic mass is 10.1. The number of hydrogen-bond donors (Lipinski definition) is 1. The maximum absolute atomic E-state index is 12.7. The van der Waals surface area contributed by atoms with Crippen molar-refractivity contribution in [1.82, 2.24) is 14.5 Å². The van der Waals surface area contributed by atoms with Crippen molar-refractivity contribution in [2.45, 2.75) is 50.0 Å². The van der Waals surface area contributed by atoms with Gasteiger partial charge in [-0.05, 0) is 43.9 Å². The van der Waals surface area contributed by atoms with E-state index < -0.39 is 10.0 Å². The standard InChI is InChI=1S/C19H29N3O3S/c1-16-15-20-11-14-22(16)19(23)10-7-17-5-8-18(9-6-17)26(24,25)21-12-3-2-4-13-21/h5-6,8-9,16,20H,2-4,7,10-15H2,1H3. The number of carbonyl (C=O) groups excluding carboxylic acids is 1. The van der Waals surface area contributed by atoms with E-state index in [-0.39, 0.29) is 11.9 Å². The van der Waals surface area contributed by atoms with E-state index in [4.69, 9.17) is 0 Å². The monoisotopic (exact) mass is 379 g/mol. The van der Waals surface area contributed by atoms with Crippen LogP contribution in [0.15, 0.2) is 29.2 Å². The zero-order chi connectivity index (χ0) is 18.6. The van der Waals surface area contributed by atoms with Gasteiger partial charge in [0.15, 0.2) is 0 Å². The van der Waals surface area contributed by atoms with E-state index >= 15 is 0 Å². The summed E-state index contributed by atoms with van der Waals surface area (Å²) >= 11 is 0. The lowest BCUT2D eigenvalue weighted by Crippen LogP contribution is -2.52. The molecule has 1 aromatic rings. The molecule has 26 heavy (non-hydrogen) atoms. The van der Waals surface area contributed by atoms with Gasteiger partial charge in [-0.15, -0.1) is 0 Å². The zero-order valence-corrected chi connectivity index (χ0v) is 16.3. The van der Waals surface area contributed by atoms with Gasteiger partial charge < -0.3 is 10.2 Å². The van der Waals surface area contributed by atoms with Crippen LogP contribution in [-0.4, -0.2) is 62.3 Å². The lowest BCUT2D eigenvalue weighted by molar-refractivity contribution is -0.133. The molecule has 1 unspecified atom stereocenters. The van der Waals surface area contributed by atoms with Crippen molar-refractivity contribution in [3.63, 3.8) is 0 Å². The second-order valence-corrected chi connectivity index (χ2v) is 9.19. The third kappa shape index (κ3) is 4.45. The number of rotatable bonds is 5. The molecule has 0 radical (unpaired) electrons. The SMILES string of the molecule is CC1CNCCN1C(=O)CCc1ccc(S(=O)(=O)N2CCCCC2)cc1. The number of hydrogen-bond acceptors (Lipinski definition) is 4. The minimum absolute atomic E-state index is 0.170. The molecular formula is C19H29N3O3S. The van der Waals surface area contributed by atoms with Crippen molar-refractivity contribution < 1.29 is 13.2 Å². The first-order valence-electron chi connectivity index (χ1n) is 9.58. The van der Waals surface area contributed by atoms with Crippen LogP contribution >= 0.6 is 0 Å². The van der Waals surface area contributed by atoms with Gasteiger partial charge in [0.2, 0.25) is 15.9 Å². The summed E-state index contributed by atoms with van der Waals surface area (Å²) in [6.45, 7) is 5.73. The van der Waals surface area contributed by atoms with Crippen LogP contribution in [0.3, 0.4) is 0 Å². The minimum atomic E-state index is -3.38. The average Bonchev–Trinajstić information content (AvgIpc) is 2.67. The molecule has 0 aliphatic carbocycles. The van der Waals surface area contributed by atoms with E-state index in [1.807, 2.05) is 17.0 Å². The van der Waals surface area contributed by atoms with Gasteiger partial charge in [-0.2, -0.15) is 4.31 Å². The molecule has 6 nitrogen and oxygen atoms in total. The van der Waals surface area contributed by atoms with Crippen molar-refractivity contribution in [2.75, 3.05) is 32.7 Å². The number of carbonyl (C=O) groups is 1. The Morgan fingerprint density at radius 2 is 1.81 bits per heavy atom. The van der Waals surface area contributed by atoms with Gasteiger partial charge in [0.25, 0.3) is 0 Å². The van der Waals surface area contributed by atoms with Gasteiger partial charge in [-0.3, -0.25) is 4.79 Å². The van der Waals surface area contributed by atoms with Crippen molar-refractivity contribution in [3.05, 3.63) is 29.8 Å². The fraction of sp³-hybridized carbons (Fsp3) is 0.632. The molecule has 0 saturated carbocycles. The first kappa shape index (κ1) is 19.3. The summed E-state index contributed by atoms with van der Waals surface area (Å²) in [5.41, 5.74) is 0.999. The quantitative estimate of drug-likeness (QED) is 0.844. The molecule has 1 amide bonds. The molecule has 144 valence electrons. The van der Waals surface area contributed by atoms with Crippen LogP contribution in [0, 0.1) is 0 Å². The predicted molar refractivity (Wildman–Crippen MR) is 101 cm³/mol. The van der Waals surface area contributed by atoms with Crippen LogP contribution in [-0.2, 0) is 21.2 Å². The molecule has 2 saturated heterocycles. The normalized spacial score (nSPS) is 22.3. The van der Waals surface area contributed by atoms with E-state index in [2.05, 4.69) is 12.2 Å². The fourth-order valence-corrected chi connectivity index (χ4v) is 5.21. The summed E-state index contributed by atoms with van der Waals surface area (Å²) in [5, 5.41) is 3.29. The number of benzene rings is 1. The average molecular weight is 380 g/mol. The van der Waals surface area contributed by atoms with E-state index in [1.54, 1.807) is 16.4 Å². The number of aryl methyl sites for hydroxylation is 1. The molecule has 0 bridgehead atoms. The van der Waals surface area contributed by atoms with Crippen LogP contribution in [0.5, 0.6) is 0 Å². The molecule has 0 aromatic heterocycles. The maximum Gasteiger partial charge on any atom is 0.243 e. The van der Waals surface area contributed by atoms with Gasteiger partial charge in [0, 0.05) is 45.2 Å². The van der Waals surface area contributed by atoms with Crippen molar-refractivity contribution in [3.8, 4) is 0 Å². The van der Waals surface area contributed by atoms with Crippen molar-refractivity contribution in [2.24, 2.45) is 0 Å². The number of piperazine rings is 1. The highest BCUT2D eigenvalue weighted by Crippen LogP contribution is 2.21. The zero-order valence-electron chi connectivity index (χ0n) is 15.5. The van der Waals surface area contributed by atoms with E-state index in [9.17, 15) is 13.2 Å². The molecule has 0 spiro atoms. The summed E-state index contributed by atoms with van der Waals surface area (Å²) < 4.78 is 26.9. The molecule has 7 heteroatoms. The summed E-state index contributed by atoms with van der Waals surface area (Å²) in [4.78, 5) is 14.7. The van der Waals surface area contributed by atoms with Crippen LogP contribution in [0.2, 0.25) is 0 Å². The number of sulfonamides is 1. The third-order valence-electron chi connectivity index (χ3n) is 5.33. The number of piperidine rings is 1. The van der Waals surface area contributed by atoms with Gasteiger partial charge >= 0.3 is 0 Å². The Morgan fingerprint density at radius 3 is 2.46 bits per heavy atom. The molecular weight excluding hydrogens is 350 g/mol. The lowest BCUT2D eigenvalue weighted by Gasteiger charge is -2.34. The molecule has 1 atom stereocenters. The summed E-state index contributed by atoms with van der Waals surface area (Å²) in [5.74, 6) is 0.170. The summed E-state index contributed by atoms with van der Waals surface area (Å²) in [7, 11) is -3.38. The predicted octanol–water partition coefficient (Wildman–Crippen LogP) is 1.61. The second kappa shape index (κ2) is 8.50. The van der Waals surface area contributed by atoms with Gasteiger partial charge in [0.05, 0.1) is 4.90 Å². The van der Waals surface area contributed by atoms with E-state index in [0.717, 1.165) is 44.5 Å². The highest BCUT2D eigenvalue weighted by atomic mass is 32.2. The molecule has 2 heterocycles. The van der Waals surface area contributed by atoms with Crippen LogP contribution in [0.4, 0.5) is 0 Å². The van der Waals surface area contributed by atoms with E-state index in [1.165, 1.54) is 0 Å². The van der Waals surface area contributed by atoms with Crippen LogP contribution < -0.4 is 5.32 Å². The largest absolute Gasteiger partial charge is 0.337 e. The minimum Gasteiger partial charge on any atom is -0.337 e. The van der Waals surface area contributed by atoms with Crippen molar-refractivity contribution >= 4 is 15.9 Å². The first-order valence-corrected chi connectivity index (χ1v) is 11.0. The molecule has 2 aliphatic heterocycles. The van der Waals surface area contributed by atoms with Crippen LogP contribution in [0.25, 0.3) is 0 Å². The topological polar surface area (TPSA) is 69.7 Å². The highest BCUT2D eigenvalue weighted by Gasteiger charge is 2.26. The molecule has 1 N–H and O–H groups in total. The Labute approximate surface area is 156 Å². The second-order valence-electron chi connectivity index (χ2n) is 7.25. The number of amides is 1. The molecule has 2 fully saturated rings. The Morgan fingerprint density at radius 1 is 1.12 bits per heavy atom. The Kier molecular flexibility index (Phi) is 6.32. The Bertz CT molecular complexity index is 712. The third-order valence-corrected chi connectivity index (χ3v) is 7.24.